The number of carboxylic acid groups (broad SMARTS) is 1. The SMILES string of the molecule is C[C@H](Oc1ccccc1-c1cc(C(=O)O)no1)c1ccccc1. The van der Waals surface area contributed by atoms with Crippen LogP contribution in [-0.4, -0.2) is 16.2 Å². The first kappa shape index (κ1) is 14.8. The molecule has 3 aromatic rings. The molecule has 0 aliphatic rings. The quantitative estimate of drug-likeness (QED) is 0.765. The van der Waals surface area contributed by atoms with Gasteiger partial charge < -0.3 is 14.4 Å². The Balaban J connectivity index is 1.90. The maximum atomic E-state index is 10.9. The molecule has 1 heterocycles. The van der Waals surface area contributed by atoms with Crippen LogP contribution in [0.15, 0.2) is 65.2 Å². The summed E-state index contributed by atoms with van der Waals surface area (Å²) < 4.78 is 11.1. The normalized spacial score (nSPS) is 11.9. The molecule has 0 fully saturated rings. The lowest BCUT2D eigenvalue weighted by Gasteiger charge is -2.16. The van der Waals surface area contributed by atoms with Crippen molar-refractivity contribution in [2.75, 3.05) is 0 Å². The van der Waals surface area contributed by atoms with Gasteiger partial charge in [-0.2, -0.15) is 0 Å². The fourth-order valence-corrected chi connectivity index (χ4v) is 2.26. The molecular formula is C18H15NO4. The summed E-state index contributed by atoms with van der Waals surface area (Å²) in [6.45, 7) is 1.95. The molecule has 0 spiro atoms. The van der Waals surface area contributed by atoms with E-state index in [-0.39, 0.29) is 11.8 Å². The Labute approximate surface area is 133 Å². The average molecular weight is 309 g/mol. The zero-order valence-corrected chi connectivity index (χ0v) is 12.5. The number of hydrogen-bond acceptors (Lipinski definition) is 4. The first-order valence-electron chi connectivity index (χ1n) is 7.16. The van der Waals surface area contributed by atoms with Crippen molar-refractivity contribution in [3.05, 3.63) is 71.9 Å². The monoisotopic (exact) mass is 309 g/mol. The van der Waals surface area contributed by atoms with Gasteiger partial charge in [-0.1, -0.05) is 47.6 Å². The largest absolute Gasteiger partial charge is 0.485 e. The van der Waals surface area contributed by atoms with Gasteiger partial charge in [-0.15, -0.1) is 0 Å². The molecule has 1 N–H and O–H groups in total. The van der Waals surface area contributed by atoms with Gasteiger partial charge in [0.2, 0.25) is 0 Å². The van der Waals surface area contributed by atoms with E-state index in [1.165, 1.54) is 6.07 Å². The number of benzene rings is 2. The van der Waals surface area contributed by atoms with Gasteiger partial charge in [0.05, 0.1) is 5.56 Å². The van der Waals surface area contributed by atoms with Crippen molar-refractivity contribution in [2.24, 2.45) is 0 Å². The number of nitrogens with zero attached hydrogens (tertiary/aromatic N) is 1. The molecule has 0 saturated carbocycles. The summed E-state index contributed by atoms with van der Waals surface area (Å²) in [6.07, 6.45) is -0.154. The molecule has 0 saturated heterocycles. The molecule has 0 amide bonds. The maximum absolute atomic E-state index is 10.9. The zero-order valence-electron chi connectivity index (χ0n) is 12.5. The number of carboxylic acids is 1. The molecule has 1 aromatic heterocycles. The van der Waals surface area contributed by atoms with Crippen LogP contribution in [0, 0.1) is 0 Å². The smallest absolute Gasteiger partial charge is 0.358 e. The molecule has 116 valence electrons. The number of para-hydroxylation sites is 1. The predicted octanol–water partition coefficient (Wildman–Crippen LogP) is 4.18. The molecule has 0 bridgehead atoms. The summed E-state index contributed by atoms with van der Waals surface area (Å²) in [7, 11) is 0. The first-order chi connectivity index (χ1) is 11.1. The van der Waals surface area contributed by atoms with Crippen LogP contribution in [0.25, 0.3) is 11.3 Å². The summed E-state index contributed by atoms with van der Waals surface area (Å²) in [6, 6.07) is 18.5. The van der Waals surface area contributed by atoms with Gasteiger partial charge in [0.25, 0.3) is 0 Å². The molecule has 23 heavy (non-hydrogen) atoms. The van der Waals surface area contributed by atoms with Gasteiger partial charge in [-0.25, -0.2) is 4.79 Å². The summed E-state index contributed by atoms with van der Waals surface area (Å²) >= 11 is 0. The number of aromatic carboxylic acids is 1. The number of rotatable bonds is 5. The van der Waals surface area contributed by atoms with Crippen LogP contribution in [0.2, 0.25) is 0 Å². The third-order valence-electron chi connectivity index (χ3n) is 3.45. The zero-order chi connectivity index (χ0) is 16.2. The van der Waals surface area contributed by atoms with Crippen LogP contribution >= 0.6 is 0 Å². The summed E-state index contributed by atoms with van der Waals surface area (Å²) in [5, 5.41) is 12.5. The Hall–Kier alpha value is -3.08. The van der Waals surface area contributed by atoms with Crippen LogP contribution < -0.4 is 4.74 Å². The van der Waals surface area contributed by atoms with E-state index in [4.69, 9.17) is 14.4 Å². The molecule has 1 atom stereocenters. The van der Waals surface area contributed by atoms with Crippen molar-refractivity contribution >= 4 is 5.97 Å². The molecule has 0 radical (unpaired) electrons. The minimum atomic E-state index is -1.13. The van der Waals surface area contributed by atoms with Crippen LogP contribution in [0.1, 0.15) is 29.1 Å². The van der Waals surface area contributed by atoms with E-state index in [9.17, 15) is 4.79 Å². The van der Waals surface area contributed by atoms with E-state index in [2.05, 4.69) is 5.16 Å². The second kappa shape index (κ2) is 6.36. The number of hydrogen-bond donors (Lipinski definition) is 1. The molecule has 3 rings (SSSR count). The molecule has 0 unspecified atom stereocenters. The highest BCUT2D eigenvalue weighted by molar-refractivity contribution is 5.86. The highest BCUT2D eigenvalue weighted by Crippen LogP contribution is 2.33. The number of ether oxygens (including phenoxy) is 1. The minimum Gasteiger partial charge on any atom is -0.485 e. The molecular weight excluding hydrogens is 294 g/mol. The van der Waals surface area contributed by atoms with Crippen molar-refractivity contribution in [3.63, 3.8) is 0 Å². The van der Waals surface area contributed by atoms with E-state index in [1.54, 1.807) is 6.07 Å². The maximum Gasteiger partial charge on any atom is 0.358 e. The molecule has 5 nitrogen and oxygen atoms in total. The van der Waals surface area contributed by atoms with Crippen molar-refractivity contribution in [3.8, 4) is 17.1 Å². The fraction of sp³-hybridized carbons (Fsp3) is 0.111. The molecule has 0 aliphatic carbocycles. The minimum absolute atomic E-state index is 0.133. The predicted molar refractivity (Wildman–Crippen MR) is 84.4 cm³/mol. The second-order valence-electron chi connectivity index (χ2n) is 5.05. The highest BCUT2D eigenvalue weighted by atomic mass is 16.5. The Bertz CT molecular complexity index is 811. The Morgan fingerprint density at radius 2 is 1.83 bits per heavy atom. The topological polar surface area (TPSA) is 72.6 Å². The Morgan fingerprint density at radius 1 is 1.13 bits per heavy atom. The fourth-order valence-electron chi connectivity index (χ4n) is 2.26. The lowest BCUT2D eigenvalue weighted by molar-refractivity contribution is 0.0686. The molecule has 0 aliphatic heterocycles. The van der Waals surface area contributed by atoms with Crippen LogP contribution in [0.4, 0.5) is 0 Å². The second-order valence-corrected chi connectivity index (χ2v) is 5.05. The van der Waals surface area contributed by atoms with Crippen molar-refractivity contribution in [1.82, 2.24) is 5.16 Å². The van der Waals surface area contributed by atoms with Crippen LogP contribution in [0.5, 0.6) is 5.75 Å². The molecule has 5 heteroatoms. The van der Waals surface area contributed by atoms with Crippen molar-refractivity contribution in [2.45, 2.75) is 13.0 Å². The molecule has 2 aromatic carbocycles. The number of carbonyl (C=O) groups is 1. The Morgan fingerprint density at radius 3 is 2.52 bits per heavy atom. The van der Waals surface area contributed by atoms with Crippen molar-refractivity contribution < 1.29 is 19.2 Å². The summed E-state index contributed by atoms with van der Waals surface area (Å²) in [5.74, 6) is -0.161. The van der Waals surface area contributed by atoms with Gasteiger partial charge >= 0.3 is 5.97 Å². The lowest BCUT2D eigenvalue weighted by atomic mass is 10.1. The van der Waals surface area contributed by atoms with Gasteiger partial charge in [-0.05, 0) is 24.6 Å². The van der Waals surface area contributed by atoms with E-state index in [0.717, 1.165) is 5.56 Å². The van der Waals surface area contributed by atoms with E-state index >= 15 is 0 Å². The third kappa shape index (κ3) is 3.23. The lowest BCUT2D eigenvalue weighted by Crippen LogP contribution is -2.03. The van der Waals surface area contributed by atoms with E-state index in [0.29, 0.717) is 17.1 Å². The van der Waals surface area contributed by atoms with Gasteiger partial charge in [-0.3, -0.25) is 0 Å². The van der Waals surface area contributed by atoms with Gasteiger partial charge in [0, 0.05) is 6.07 Å². The van der Waals surface area contributed by atoms with E-state index < -0.39 is 5.97 Å². The van der Waals surface area contributed by atoms with Gasteiger partial charge in [0.15, 0.2) is 11.5 Å². The summed E-state index contributed by atoms with van der Waals surface area (Å²) in [5.41, 5.74) is 1.58. The Kier molecular flexibility index (Phi) is 4.10. The summed E-state index contributed by atoms with van der Waals surface area (Å²) in [4.78, 5) is 10.9. The van der Waals surface area contributed by atoms with Crippen LogP contribution in [-0.2, 0) is 0 Å². The third-order valence-corrected chi connectivity index (χ3v) is 3.45. The van der Waals surface area contributed by atoms with E-state index in [1.807, 2.05) is 55.5 Å². The van der Waals surface area contributed by atoms with Gasteiger partial charge in [0.1, 0.15) is 11.9 Å². The van der Waals surface area contributed by atoms with Crippen molar-refractivity contribution in [1.29, 1.82) is 0 Å². The first-order valence-corrected chi connectivity index (χ1v) is 7.16. The average Bonchev–Trinajstić information content (AvgIpc) is 3.06. The highest BCUT2D eigenvalue weighted by Gasteiger charge is 2.17. The number of aromatic nitrogens is 1. The standard InChI is InChI=1S/C18H15NO4/c1-12(13-7-3-2-4-8-13)22-16-10-6-5-9-14(16)17-11-15(18(20)21)19-23-17/h2-12H,1H3,(H,20,21)/t12-/m0/s1. The van der Waals surface area contributed by atoms with Crippen LogP contribution in [0.3, 0.4) is 0 Å².